The van der Waals surface area contributed by atoms with Crippen molar-refractivity contribution in [3.05, 3.63) is 0 Å². The number of cyclic esters (lactones) is 1. The number of hydrogen-bond donors (Lipinski definition) is 1. The molecule has 2 fully saturated rings. The van der Waals surface area contributed by atoms with Gasteiger partial charge in [0.2, 0.25) is 5.91 Å². The molecule has 1 saturated heterocycles. The van der Waals surface area contributed by atoms with Crippen LogP contribution in [-0.4, -0.2) is 24.5 Å². The van der Waals surface area contributed by atoms with Crippen molar-refractivity contribution in [2.75, 3.05) is 6.61 Å². The predicted octanol–water partition coefficient (Wildman–Crippen LogP) is 0.998. The fourth-order valence-electron chi connectivity index (χ4n) is 2.36. The first kappa shape index (κ1) is 10.5. The van der Waals surface area contributed by atoms with E-state index >= 15 is 0 Å². The molecule has 0 spiro atoms. The van der Waals surface area contributed by atoms with E-state index in [-0.39, 0.29) is 17.9 Å². The third-order valence-electron chi connectivity index (χ3n) is 3.22. The van der Waals surface area contributed by atoms with Crippen molar-refractivity contribution in [3.63, 3.8) is 0 Å². The Labute approximate surface area is 89.4 Å². The first-order valence-electron chi connectivity index (χ1n) is 5.71. The standard InChI is InChI=1S/C11H17NO3/c13-10(7-8-3-1-2-4-8)12-9-5-6-15-11(9)14/h8-9H,1-7H2,(H,12,13). The second-order valence-corrected chi connectivity index (χ2v) is 4.43. The molecule has 0 aromatic rings. The average molecular weight is 211 g/mol. The zero-order valence-corrected chi connectivity index (χ0v) is 8.83. The third kappa shape index (κ3) is 2.70. The van der Waals surface area contributed by atoms with Crippen LogP contribution in [-0.2, 0) is 14.3 Å². The maximum atomic E-state index is 11.6. The van der Waals surface area contributed by atoms with Crippen LogP contribution in [0.15, 0.2) is 0 Å². The summed E-state index contributed by atoms with van der Waals surface area (Å²) in [6.07, 6.45) is 5.98. The van der Waals surface area contributed by atoms with Crippen molar-refractivity contribution in [2.45, 2.75) is 44.6 Å². The second kappa shape index (κ2) is 4.64. The normalized spacial score (nSPS) is 26.7. The summed E-state index contributed by atoms with van der Waals surface area (Å²) in [5.41, 5.74) is 0. The molecule has 1 unspecified atom stereocenters. The number of ether oxygens (including phenoxy) is 1. The molecule has 0 aromatic heterocycles. The van der Waals surface area contributed by atoms with Gasteiger partial charge >= 0.3 is 5.97 Å². The van der Waals surface area contributed by atoms with Crippen molar-refractivity contribution in [1.29, 1.82) is 0 Å². The van der Waals surface area contributed by atoms with Crippen LogP contribution in [0.5, 0.6) is 0 Å². The molecule has 1 heterocycles. The summed E-state index contributed by atoms with van der Waals surface area (Å²) in [5, 5.41) is 2.74. The highest BCUT2D eigenvalue weighted by atomic mass is 16.5. The minimum Gasteiger partial charge on any atom is -0.464 e. The summed E-state index contributed by atoms with van der Waals surface area (Å²) in [5.74, 6) is 0.253. The van der Waals surface area contributed by atoms with Gasteiger partial charge in [0.25, 0.3) is 0 Å². The Morgan fingerprint density at radius 2 is 2.07 bits per heavy atom. The van der Waals surface area contributed by atoms with Crippen LogP contribution >= 0.6 is 0 Å². The Hall–Kier alpha value is -1.06. The number of esters is 1. The molecule has 1 N–H and O–H groups in total. The molecule has 4 nitrogen and oxygen atoms in total. The second-order valence-electron chi connectivity index (χ2n) is 4.43. The molecule has 15 heavy (non-hydrogen) atoms. The maximum Gasteiger partial charge on any atom is 0.328 e. The Bertz CT molecular complexity index is 259. The molecule has 84 valence electrons. The molecule has 1 atom stereocenters. The van der Waals surface area contributed by atoms with Gasteiger partial charge in [-0.15, -0.1) is 0 Å². The molecule has 0 aromatic carbocycles. The van der Waals surface area contributed by atoms with Gasteiger partial charge in [-0.3, -0.25) is 4.79 Å². The molecule has 4 heteroatoms. The van der Waals surface area contributed by atoms with E-state index in [9.17, 15) is 9.59 Å². The number of carbonyl (C=O) groups is 2. The van der Waals surface area contributed by atoms with Crippen LogP contribution in [0.25, 0.3) is 0 Å². The molecule has 2 aliphatic rings. The fourth-order valence-corrected chi connectivity index (χ4v) is 2.36. The lowest BCUT2D eigenvalue weighted by Gasteiger charge is -2.11. The molecule has 2 rings (SSSR count). The van der Waals surface area contributed by atoms with Gasteiger partial charge < -0.3 is 10.1 Å². The molecule has 1 aliphatic heterocycles. The zero-order chi connectivity index (χ0) is 10.7. The molecular formula is C11H17NO3. The highest BCUT2D eigenvalue weighted by molar-refractivity contribution is 5.85. The molecule has 0 radical (unpaired) electrons. The van der Waals surface area contributed by atoms with Crippen LogP contribution in [0.4, 0.5) is 0 Å². The maximum absolute atomic E-state index is 11.6. The Morgan fingerprint density at radius 3 is 2.67 bits per heavy atom. The first-order chi connectivity index (χ1) is 7.25. The van der Waals surface area contributed by atoms with E-state index in [0.29, 0.717) is 25.4 Å². The first-order valence-corrected chi connectivity index (χ1v) is 5.71. The predicted molar refractivity (Wildman–Crippen MR) is 54.1 cm³/mol. The van der Waals surface area contributed by atoms with E-state index in [1.165, 1.54) is 12.8 Å². The van der Waals surface area contributed by atoms with Crippen molar-refractivity contribution in [3.8, 4) is 0 Å². The number of hydrogen-bond acceptors (Lipinski definition) is 3. The minimum atomic E-state index is -0.390. The van der Waals surface area contributed by atoms with Gasteiger partial charge in [-0.05, 0) is 18.8 Å². The summed E-state index contributed by atoms with van der Waals surface area (Å²) in [6, 6.07) is -0.390. The summed E-state index contributed by atoms with van der Waals surface area (Å²) in [7, 11) is 0. The summed E-state index contributed by atoms with van der Waals surface area (Å²) < 4.78 is 4.78. The van der Waals surface area contributed by atoms with E-state index in [4.69, 9.17) is 4.74 Å². The number of carbonyl (C=O) groups excluding carboxylic acids is 2. The van der Waals surface area contributed by atoms with E-state index in [2.05, 4.69) is 5.32 Å². The highest BCUT2D eigenvalue weighted by Gasteiger charge is 2.28. The van der Waals surface area contributed by atoms with Crippen LogP contribution < -0.4 is 5.32 Å². The molecular weight excluding hydrogens is 194 g/mol. The van der Waals surface area contributed by atoms with Crippen molar-refractivity contribution in [1.82, 2.24) is 5.32 Å². The van der Waals surface area contributed by atoms with Gasteiger partial charge in [-0.25, -0.2) is 4.79 Å². The Kier molecular flexibility index (Phi) is 3.23. The van der Waals surface area contributed by atoms with Gasteiger partial charge in [0.15, 0.2) is 0 Å². The molecule has 1 aliphatic carbocycles. The van der Waals surface area contributed by atoms with Crippen LogP contribution in [0.3, 0.4) is 0 Å². The van der Waals surface area contributed by atoms with Crippen molar-refractivity contribution in [2.24, 2.45) is 5.92 Å². The van der Waals surface area contributed by atoms with E-state index < -0.39 is 0 Å². The van der Waals surface area contributed by atoms with Gasteiger partial charge in [-0.1, -0.05) is 12.8 Å². The van der Waals surface area contributed by atoms with Crippen molar-refractivity contribution >= 4 is 11.9 Å². The Morgan fingerprint density at radius 1 is 1.33 bits per heavy atom. The van der Waals surface area contributed by atoms with E-state index in [1.807, 2.05) is 0 Å². The highest BCUT2D eigenvalue weighted by Crippen LogP contribution is 2.27. The number of amides is 1. The molecule has 1 saturated carbocycles. The van der Waals surface area contributed by atoms with Crippen LogP contribution in [0.2, 0.25) is 0 Å². The smallest absolute Gasteiger partial charge is 0.328 e. The van der Waals surface area contributed by atoms with Crippen LogP contribution in [0, 0.1) is 5.92 Å². The molecule has 0 bridgehead atoms. The fraction of sp³-hybridized carbons (Fsp3) is 0.818. The van der Waals surface area contributed by atoms with Gasteiger partial charge in [0, 0.05) is 12.8 Å². The zero-order valence-electron chi connectivity index (χ0n) is 8.83. The average Bonchev–Trinajstić information content (AvgIpc) is 2.79. The topological polar surface area (TPSA) is 55.4 Å². The SMILES string of the molecule is O=C(CC1CCCC1)NC1CCOC1=O. The lowest BCUT2D eigenvalue weighted by atomic mass is 10.0. The summed E-state index contributed by atoms with van der Waals surface area (Å²) >= 11 is 0. The minimum absolute atomic E-state index is 0.00532. The van der Waals surface area contributed by atoms with E-state index in [0.717, 1.165) is 12.8 Å². The lowest BCUT2D eigenvalue weighted by Crippen LogP contribution is -2.38. The van der Waals surface area contributed by atoms with Gasteiger partial charge in [0.1, 0.15) is 6.04 Å². The quantitative estimate of drug-likeness (QED) is 0.708. The van der Waals surface area contributed by atoms with Crippen LogP contribution in [0.1, 0.15) is 38.5 Å². The summed E-state index contributed by atoms with van der Waals surface area (Å²) in [6.45, 7) is 0.438. The third-order valence-corrected chi connectivity index (χ3v) is 3.22. The summed E-state index contributed by atoms with van der Waals surface area (Å²) in [4.78, 5) is 22.7. The lowest BCUT2D eigenvalue weighted by molar-refractivity contribution is -0.141. The van der Waals surface area contributed by atoms with Crippen molar-refractivity contribution < 1.29 is 14.3 Å². The number of rotatable bonds is 3. The Balaban J connectivity index is 1.74. The van der Waals surface area contributed by atoms with E-state index in [1.54, 1.807) is 0 Å². The monoisotopic (exact) mass is 211 g/mol. The van der Waals surface area contributed by atoms with Gasteiger partial charge in [-0.2, -0.15) is 0 Å². The largest absolute Gasteiger partial charge is 0.464 e. The van der Waals surface area contributed by atoms with Gasteiger partial charge in [0.05, 0.1) is 6.61 Å². The molecule has 1 amide bonds. The number of nitrogens with one attached hydrogen (secondary N) is 1.